The molecule has 5 aromatic rings. The van der Waals surface area contributed by atoms with Crippen LogP contribution in [0, 0.1) is 0 Å². The zero-order valence-corrected chi connectivity index (χ0v) is 21.1. The lowest BCUT2D eigenvalue weighted by Gasteiger charge is -2.20. The number of aromatic nitrogens is 1. The van der Waals surface area contributed by atoms with E-state index >= 15 is 0 Å². The number of hydrogen-bond acceptors (Lipinski definition) is 2. The Bertz CT molecular complexity index is 1500. The van der Waals surface area contributed by atoms with Gasteiger partial charge in [-0.25, -0.2) is 0 Å². The molecule has 4 aromatic carbocycles. The lowest BCUT2D eigenvalue weighted by atomic mass is 10.1. The van der Waals surface area contributed by atoms with Gasteiger partial charge in [0, 0.05) is 18.2 Å². The van der Waals surface area contributed by atoms with Crippen molar-refractivity contribution in [2.45, 2.75) is 0 Å². The van der Waals surface area contributed by atoms with Gasteiger partial charge in [0.1, 0.15) is 0 Å². The Labute approximate surface area is 213 Å². The lowest BCUT2D eigenvalue weighted by Crippen LogP contribution is -2.24. The van der Waals surface area contributed by atoms with Crippen molar-refractivity contribution in [2.24, 2.45) is 4.99 Å². The van der Waals surface area contributed by atoms with Gasteiger partial charge in [-0.3, -0.25) is 4.99 Å². The molecule has 0 aliphatic rings. The minimum atomic E-state index is -0.684. The molecular formula is C32H27N2OP. The lowest BCUT2D eigenvalue weighted by molar-refractivity contribution is 0.201. The molecule has 0 aliphatic heterocycles. The van der Waals surface area contributed by atoms with Crippen LogP contribution in [0.4, 0.5) is 0 Å². The number of benzene rings is 4. The van der Waals surface area contributed by atoms with Crippen LogP contribution >= 0.6 is 7.92 Å². The molecule has 5 rings (SSSR count). The van der Waals surface area contributed by atoms with Crippen LogP contribution in [0.1, 0.15) is 5.56 Å². The molecule has 0 unspecified atom stereocenters. The van der Waals surface area contributed by atoms with Crippen molar-refractivity contribution >= 4 is 29.9 Å². The summed E-state index contributed by atoms with van der Waals surface area (Å²) in [5.74, 6) is 0.727. The van der Waals surface area contributed by atoms with E-state index in [1.807, 2.05) is 36.5 Å². The molecule has 0 saturated carbocycles. The summed E-state index contributed by atoms with van der Waals surface area (Å²) in [5.41, 5.74) is 3.83. The van der Waals surface area contributed by atoms with Gasteiger partial charge in [-0.05, 0) is 53.7 Å². The van der Waals surface area contributed by atoms with Gasteiger partial charge < -0.3 is 4.84 Å². The van der Waals surface area contributed by atoms with Crippen molar-refractivity contribution in [1.82, 2.24) is 4.73 Å². The van der Waals surface area contributed by atoms with E-state index in [2.05, 4.69) is 103 Å². The minimum Gasteiger partial charge on any atom is -0.373 e. The first-order valence-corrected chi connectivity index (χ1v) is 13.2. The molecule has 176 valence electrons. The third-order valence-electron chi connectivity index (χ3n) is 5.93. The van der Waals surface area contributed by atoms with Gasteiger partial charge in [0.05, 0.1) is 6.20 Å². The second-order valence-electron chi connectivity index (χ2n) is 8.22. The van der Waals surface area contributed by atoms with E-state index in [0.29, 0.717) is 0 Å². The molecule has 4 heteroatoms. The fraction of sp³-hybridized carbons (Fsp3) is 0.0312. The monoisotopic (exact) mass is 486 g/mol. The second-order valence-corrected chi connectivity index (χ2v) is 10.4. The van der Waals surface area contributed by atoms with Crippen molar-refractivity contribution in [3.63, 3.8) is 0 Å². The van der Waals surface area contributed by atoms with Crippen LogP contribution in [0.25, 0.3) is 17.2 Å². The standard InChI is InChI=1S/C32H27N2OP/c1-3-25-13-10-11-20-31(25)35-34-24-27(21-22-32(34)33-2)26-14-12-19-30(23-26)36(28-15-6-4-7-16-28)29-17-8-5-9-18-29/h3-24H,1H2,2H3/b33-32-. The third-order valence-corrected chi connectivity index (χ3v) is 8.35. The molecule has 0 bridgehead atoms. The summed E-state index contributed by atoms with van der Waals surface area (Å²) in [6.45, 7) is 3.91. The Kier molecular flexibility index (Phi) is 7.21. The molecule has 0 radical (unpaired) electrons. The first-order valence-electron chi connectivity index (χ1n) is 11.8. The van der Waals surface area contributed by atoms with E-state index < -0.39 is 7.92 Å². The molecule has 36 heavy (non-hydrogen) atoms. The number of rotatable bonds is 7. The van der Waals surface area contributed by atoms with Crippen molar-refractivity contribution < 1.29 is 4.84 Å². The Balaban J connectivity index is 1.57. The van der Waals surface area contributed by atoms with E-state index in [4.69, 9.17) is 4.84 Å². The Morgan fingerprint density at radius 3 is 2.00 bits per heavy atom. The van der Waals surface area contributed by atoms with Crippen LogP contribution < -0.4 is 26.2 Å². The highest BCUT2D eigenvalue weighted by molar-refractivity contribution is 7.79. The van der Waals surface area contributed by atoms with E-state index in [-0.39, 0.29) is 0 Å². The number of hydrogen-bond donors (Lipinski definition) is 0. The molecule has 1 aromatic heterocycles. The van der Waals surface area contributed by atoms with Gasteiger partial charge in [0.2, 0.25) is 0 Å². The SMILES string of the molecule is C=Cc1ccccc1On1cc(-c2cccc(P(c3ccccc3)c3ccccc3)c2)cc/c1=N/C. The van der Waals surface area contributed by atoms with Gasteiger partial charge in [0.15, 0.2) is 11.2 Å². The van der Waals surface area contributed by atoms with E-state index in [0.717, 1.165) is 27.9 Å². The van der Waals surface area contributed by atoms with Crippen molar-refractivity contribution in [1.29, 1.82) is 0 Å². The average Bonchev–Trinajstić information content (AvgIpc) is 2.95. The molecule has 0 amide bonds. The number of nitrogens with zero attached hydrogens (tertiary/aromatic N) is 2. The van der Waals surface area contributed by atoms with E-state index in [1.165, 1.54) is 15.9 Å². The fourth-order valence-electron chi connectivity index (χ4n) is 4.15. The van der Waals surface area contributed by atoms with Gasteiger partial charge in [-0.1, -0.05) is 110 Å². The fourth-order valence-corrected chi connectivity index (χ4v) is 6.49. The van der Waals surface area contributed by atoms with E-state index in [1.54, 1.807) is 17.9 Å². The predicted molar refractivity (Wildman–Crippen MR) is 153 cm³/mol. The highest BCUT2D eigenvalue weighted by atomic mass is 31.1. The molecule has 1 heterocycles. The highest BCUT2D eigenvalue weighted by Gasteiger charge is 2.17. The highest BCUT2D eigenvalue weighted by Crippen LogP contribution is 2.34. The molecule has 0 aliphatic carbocycles. The first-order chi connectivity index (χ1) is 17.8. The van der Waals surface area contributed by atoms with Crippen LogP contribution in [0.15, 0.2) is 139 Å². The number of para-hydroxylation sites is 1. The summed E-state index contributed by atoms with van der Waals surface area (Å²) in [6, 6.07) is 42.2. The van der Waals surface area contributed by atoms with Gasteiger partial charge in [-0.2, -0.15) is 4.73 Å². The van der Waals surface area contributed by atoms with Gasteiger partial charge >= 0.3 is 0 Å². The maximum Gasteiger partial charge on any atom is 0.163 e. The minimum absolute atomic E-state index is 0.684. The zero-order chi connectivity index (χ0) is 24.7. The summed E-state index contributed by atoms with van der Waals surface area (Å²) < 4.78 is 1.72. The van der Waals surface area contributed by atoms with Gasteiger partial charge in [-0.15, -0.1) is 0 Å². The summed E-state index contributed by atoms with van der Waals surface area (Å²) in [6.07, 6.45) is 3.79. The molecule has 0 fully saturated rings. The van der Waals surface area contributed by atoms with Crippen LogP contribution in [-0.4, -0.2) is 11.8 Å². The normalized spacial score (nSPS) is 11.4. The Morgan fingerprint density at radius 1 is 0.694 bits per heavy atom. The summed E-state index contributed by atoms with van der Waals surface area (Å²) in [4.78, 5) is 10.7. The summed E-state index contributed by atoms with van der Waals surface area (Å²) >= 11 is 0. The van der Waals surface area contributed by atoms with Crippen LogP contribution in [0.5, 0.6) is 5.75 Å². The molecule has 0 saturated heterocycles. The second kappa shape index (κ2) is 11.0. The molecule has 3 nitrogen and oxygen atoms in total. The third kappa shape index (κ3) is 5.07. The van der Waals surface area contributed by atoms with Gasteiger partial charge in [0.25, 0.3) is 0 Å². The largest absolute Gasteiger partial charge is 0.373 e. The number of pyridine rings is 1. The molecular weight excluding hydrogens is 459 g/mol. The summed E-state index contributed by atoms with van der Waals surface area (Å²) in [5, 5.41) is 3.96. The average molecular weight is 487 g/mol. The Hall–Kier alpha value is -4.20. The molecule has 0 spiro atoms. The van der Waals surface area contributed by atoms with Crippen LogP contribution in [0.3, 0.4) is 0 Å². The Morgan fingerprint density at radius 2 is 1.33 bits per heavy atom. The van der Waals surface area contributed by atoms with Crippen molar-refractivity contribution in [2.75, 3.05) is 7.05 Å². The van der Waals surface area contributed by atoms with Crippen molar-refractivity contribution in [3.05, 3.63) is 145 Å². The molecule has 0 atom stereocenters. The quantitative estimate of drug-likeness (QED) is 0.262. The maximum atomic E-state index is 6.26. The predicted octanol–water partition coefficient (Wildman–Crippen LogP) is 5.93. The van der Waals surface area contributed by atoms with E-state index in [9.17, 15) is 0 Å². The topological polar surface area (TPSA) is 26.5 Å². The van der Waals surface area contributed by atoms with Crippen molar-refractivity contribution in [3.8, 4) is 16.9 Å². The van der Waals surface area contributed by atoms with Crippen LogP contribution in [-0.2, 0) is 0 Å². The summed E-state index contributed by atoms with van der Waals surface area (Å²) in [7, 11) is 1.08. The smallest absolute Gasteiger partial charge is 0.163 e. The van der Waals surface area contributed by atoms with Crippen LogP contribution in [0.2, 0.25) is 0 Å². The first kappa shape index (κ1) is 23.5. The zero-order valence-electron chi connectivity index (χ0n) is 20.2. The maximum absolute atomic E-state index is 6.26. The molecule has 0 N–H and O–H groups in total.